The van der Waals surface area contributed by atoms with Crippen LogP contribution < -0.4 is 4.90 Å². The molecule has 1 aliphatic heterocycles. The lowest BCUT2D eigenvalue weighted by molar-refractivity contribution is 0.0765. The number of carbonyl (C=O) groups is 1. The molecule has 2 aromatic heterocycles. The van der Waals surface area contributed by atoms with Crippen molar-refractivity contribution in [3.63, 3.8) is 0 Å². The molecular weight excluding hydrogens is 436 g/mol. The first kappa shape index (κ1) is 21.5. The summed E-state index contributed by atoms with van der Waals surface area (Å²) in [6.45, 7) is 7.08. The van der Waals surface area contributed by atoms with Gasteiger partial charge in [0.15, 0.2) is 0 Å². The zero-order valence-electron chi connectivity index (χ0n) is 18.8. The summed E-state index contributed by atoms with van der Waals surface area (Å²) in [6.07, 6.45) is 2.57. The fourth-order valence-corrected chi connectivity index (χ4v) is 4.67. The van der Waals surface area contributed by atoms with E-state index in [1.807, 2.05) is 58.1 Å². The molecule has 1 amide bonds. The molecule has 1 saturated heterocycles. The first-order chi connectivity index (χ1) is 16.0. The predicted octanol–water partition coefficient (Wildman–Crippen LogP) is 4.88. The van der Waals surface area contributed by atoms with Gasteiger partial charge in [0.2, 0.25) is 5.95 Å². The molecule has 0 radical (unpaired) electrons. The van der Waals surface area contributed by atoms with Crippen LogP contribution in [0.5, 0.6) is 0 Å². The van der Waals surface area contributed by atoms with Crippen LogP contribution in [0.15, 0.2) is 54.7 Å². The molecule has 0 bridgehead atoms. The molecule has 0 spiro atoms. The van der Waals surface area contributed by atoms with Crippen molar-refractivity contribution in [3.05, 3.63) is 71.0 Å². The number of amides is 1. The normalized spacial score (nSPS) is 14.8. The maximum absolute atomic E-state index is 13.6. The predicted molar refractivity (Wildman–Crippen MR) is 131 cm³/mol. The molecule has 170 valence electrons. The quantitative estimate of drug-likeness (QED) is 0.469. The number of para-hydroxylation sites is 2. The van der Waals surface area contributed by atoms with E-state index >= 15 is 0 Å². The van der Waals surface area contributed by atoms with Gasteiger partial charge in [0, 0.05) is 31.2 Å². The van der Waals surface area contributed by atoms with E-state index in [1.54, 1.807) is 6.20 Å². The summed E-state index contributed by atoms with van der Waals surface area (Å²) < 4.78 is 1.84. The number of H-pyrrole nitrogens is 1. The molecule has 3 heterocycles. The van der Waals surface area contributed by atoms with Gasteiger partial charge in [-0.1, -0.05) is 43.6 Å². The van der Waals surface area contributed by atoms with Gasteiger partial charge in [-0.05, 0) is 42.7 Å². The molecular formula is C25H27ClN6O. The van der Waals surface area contributed by atoms with Crippen LogP contribution in [-0.4, -0.2) is 56.7 Å². The largest absolute Gasteiger partial charge is 0.341 e. The Morgan fingerprint density at radius 1 is 1.06 bits per heavy atom. The van der Waals surface area contributed by atoms with E-state index in [9.17, 15) is 4.79 Å². The topological polar surface area (TPSA) is 70.1 Å². The summed E-state index contributed by atoms with van der Waals surface area (Å²) in [6, 6.07) is 15.6. The standard InChI is InChI=1S/C25H27ClN6O/c1-17(2)23-20(16-27-32(23)19-8-5-7-18(26)15-19)24(33)30-11-6-12-31(14-13-30)25-28-21-9-3-4-10-22(21)29-25/h3-5,7-10,15-17H,6,11-14H2,1-2H3,(H,28,29). The summed E-state index contributed by atoms with van der Waals surface area (Å²) in [5.41, 5.74) is 4.40. The van der Waals surface area contributed by atoms with E-state index in [2.05, 4.69) is 28.8 Å². The highest BCUT2D eigenvalue weighted by Crippen LogP contribution is 2.26. The van der Waals surface area contributed by atoms with E-state index in [1.165, 1.54) is 0 Å². The van der Waals surface area contributed by atoms with Crippen LogP contribution in [0.25, 0.3) is 16.7 Å². The number of rotatable bonds is 4. The fourth-order valence-electron chi connectivity index (χ4n) is 4.48. The number of anilines is 1. The zero-order chi connectivity index (χ0) is 22.9. The van der Waals surface area contributed by atoms with Crippen molar-refractivity contribution < 1.29 is 4.79 Å². The fraction of sp³-hybridized carbons (Fsp3) is 0.320. The molecule has 2 aromatic carbocycles. The summed E-state index contributed by atoms with van der Waals surface area (Å²) in [5.74, 6) is 1.02. The van der Waals surface area contributed by atoms with Crippen LogP contribution in [-0.2, 0) is 0 Å². The second kappa shape index (κ2) is 8.90. The molecule has 0 saturated carbocycles. The Labute approximate surface area is 198 Å². The van der Waals surface area contributed by atoms with Crippen molar-refractivity contribution in [2.75, 3.05) is 31.1 Å². The van der Waals surface area contributed by atoms with E-state index in [-0.39, 0.29) is 11.8 Å². The minimum absolute atomic E-state index is 0.0263. The second-order valence-electron chi connectivity index (χ2n) is 8.70. The highest BCUT2D eigenvalue weighted by molar-refractivity contribution is 6.30. The third kappa shape index (κ3) is 4.20. The summed E-state index contributed by atoms with van der Waals surface area (Å²) in [7, 11) is 0. The number of nitrogens with zero attached hydrogens (tertiary/aromatic N) is 5. The molecule has 4 aromatic rings. The third-order valence-corrected chi connectivity index (χ3v) is 6.33. The number of hydrogen-bond donors (Lipinski definition) is 1. The number of aromatic amines is 1. The van der Waals surface area contributed by atoms with E-state index in [0.717, 1.165) is 47.9 Å². The Bertz CT molecular complexity index is 1260. The number of imidazole rings is 1. The number of nitrogens with one attached hydrogen (secondary N) is 1. The first-order valence-electron chi connectivity index (χ1n) is 11.3. The average Bonchev–Trinajstić information content (AvgIpc) is 3.36. The number of halogens is 1. The van der Waals surface area contributed by atoms with Crippen LogP contribution in [0.1, 0.15) is 42.2 Å². The Morgan fingerprint density at radius 3 is 2.70 bits per heavy atom. The highest BCUT2D eigenvalue weighted by atomic mass is 35.5. The smallest absolute Gasteiger partial charge is 0.257 e. The lowest BCUT2D eigenvalue weighted by Gasteiger charge is -2.22. The van der Waals surface area contributed by atoms with Crippen molar-refractivity contribution in [2.45, 2.75) is 26.2 Å². The van der Waals surface area contributed by atoms with Gasteiger partial charge in [-0.2, -0.15) is 5.10 Å². The van der Waals surface area contributed by atoms with Gasteiger partial charge >= 0.3 is 0 Å². The molecule has 33 heavy (non-hydrogen) atoms. The number of aromatic nitrogens is 4. The van der Waals surface area contributed by atoms with Crippen LogP contribution in [0.3, 0.4) is 0 Å². The Hall–Kier alpha value is -3.32. The maximum atomic E-state index is 13.6. The monoisotopic (exact) mass is 462 g/mol. The summed E-state index contributed by atoms with van der Waals surface area (Å²) in [5, 5.41) is 5.20. The van der Waals surface area contributed by atoms with Crippen LogP contribution in [0.4, 0.5) is 5.95 Å². The van der Waals surface area contributed by atoms with E-state index < -0.39 is 0 Å². The van der Waals surface area contributed by atoms with Crippen molar-refractivity contribution in [1.82, 2.24) is 24.6 Å². The lowest BCUT2D eigenvalue weighted by atomic mass is 10.0. The number of carbonyl (C=O) groups excluding carboxylic acids is 1. The Morgan fingerprint density at radius 2 is 1.91 bits per heavy atom. The van der Waals surface area contributed by atoms with E-state index in [0.29, 0.717) is 23.7 Å². The number of hydrogen-bond acceptors (Lipinski definition) is 4. The first-order valence-corrected chi connectivity index (χ1v) is 11.7. The highest BCUT2D eigenvalue weighted by Gasteiger charge is 2.27. The molecule has 1 N–H and O–H groups in total. The SMILES string of the molecule is CC(C)c1c(C(=O)N2CCCN(c3nc4ccccc4[nH]3)CC2)cnn1-c1cccc(Cl)c1. The number of benzene rings is 2. The minimum Gasteiger partial charge on any atom is -0.341 e. The number of fused-ring (bicyclic) bond motifs is 1. The van der Waals surface area contributed by atoms with Gasteiger partial charge in [0.1, 0.15) is 0 Å². The summed E-state index contributed by atoms with van der Waals surface area (Å²) in [4.78, 5) is 25.9. The van der Waals surface area contributed by atoms with Crippen LogP contribution in [0, 0.1) is 0 Å². The molecule has 0 atom stereocenters. The van der Waals surface area contributed by atoms with Crippen molar-refractivity contribution >= 4 is 34.5 Å². The molecule has 1 fully saturated rings. The van der Waals surface area contributed by atoms with Gasteiger partial charge in [-0.15, -0.1) is 0 Å². The van der Waals surface area contributed by atoms with Gasteiger partial charge < -0.3 is 14.8 Å². The molecule has 5 rings (SSSR count). The van der Waals surface area contributed by atoms with Gasteiger partial charge in [-0.25, -0.2) is 9.67 Å². The molecule has 0 unspecified atom stereocenters. The summed E-state index contributed by atoms with van der Waals surface area (Å²) >= 11 is 6.20. The van der Waals surface area contributed by atoms with Gasteiger partial charge in [0.25, 0.3) is 5.91 Å². The van der Waals surface area contributed by atoms with E-state index in [4.69, 9.17) is 16.6 Å². The Balaban J connectivity index is 1.37. The van der Waals surface area contributed by atoms with Crippen LogP contribution in [0.2, 0.25) is 5.02 Å². The maximum Gasteiger partial charge on any atom is 0.257 e. The van der Waals surface area contributed by atoms with Crippen molar-refractivity contribution in [2.24, 2.45) is 0 Å². The lowest BCUT2D eigenvalue weighted by Crippen LogP contribution is -2.35. The van der Waals surface area contributed by atoms with Gasteiger partial charge in [0.05, 0.1) is 34.2 Å². The van der Waals surface area contributed by atoms with Gasteiger partial charge in [-0.3, -0.25) is 4.79 Å². The van der Waals surface area contributed by atoms with Crippen molar-refractivity contribution in [1.29, 1.82) is 0 Å². The third-order valence-electron chi connectivity index (χ3n) is 6.10. The van der Waals surface area contributed by atoms with Crippen LogP contribution >= 0.6 is 11.6 Å². The minimum atomic E-state index is 0.0263. The second-order valence-corrected chi connectivity index (χ2v) is 9.14. The molecule has 0 aliphatic carbocycles. The van der Waals surface area contributed by atoms with Crippen molar-refractivity contribution in [3.8, 4) is 5.69 Å². The zero-order valence-corrected chi connectivity index (χ0v) is 19.6. The Kier molecular flexibility index (Phi) is 5.81. The molecule has 7 nitrogen and oxygen atoms in total. The average molecular weight is 463 g/mol. The molecule has 8 heteroatoms. The molecule has 1 aliphatic rings.